The summed E-state index contributed by atoms with van der Waals surface area (Å²) in [5.74, 6) is -2.01. The van der Waals surface area contributed by atoms with Crippen molar-refractivity contribution in [2.45, 2.75) is 43.9 Å². The molecular weight excluding hydrogens is 391 g/mol. The Kier molecular flexibility index (Phi) is 4.57. The lowest BCUT2D eigenvalue weighted by molar-refractivity contribution is -0.136. The van der Waals surface area contributed by atoms with Crippen LogP contribution in [0.2, 0.25) is 0 Å². The van der Waals surface area contributed by atoms with Gasteiger partial charge in [0.05, 0.1) is 11.1 Å². The van der Waals surface area contributed by atoms with Crippen LogP contribution in [0.4, 0.5) is 10.1 Å². The topological polar surface area (TPSA) is 90.0 Å². The number of hydrogen-bond donors (Lipinski definition) is 1. The third-order valence-corrected chi connectivity index (χ3v) is 6.56. The number of carbonyl (C=O) groups is 4. The normalized spacial score (nSPS) is 27.9. The smallest absolute Gasteiger partial charge is 0.262 e. The number of nitrogens with one attached hydrogen (secondary N) is 1. The predicted octanol–water partition coefficient (Wildman–Crippen LogP) is 0.710. The van der Waals surface area contributed by atoms with Gasteiger partial charge in [-0.3, -0.25) is 34.3 Å². The molecule has 2 atom stereocenters. The molecule has 0 radical (unpaired) electrons. The molecule has 4 heterocycles. The molecule has 4 amide bonds. The predicted molar refractivity (Wildman–Crippen MR) is 105 cm³/mol. The summed E-state index contributed by atoms with van der Waals surface area (Å²) >= 11 is 0. The highest BCUT2D eigenvalue weighted by atomic mass is 19.1. The maximum Gasteiger partial charge on any atom is 0.262 e. The van der Waals surface area contributed by atoms with Crippen molar-refractivity contribution in [3.8, 4) is 0 Å². The number of piperidine rings is 2. The molecule has 1 aromatic rings. The van der Waals surface area contributed by atoms with Gasteiger partial charge in [0, 0.05) is 37.8 Å². The van der Waals surface area contributed by atoms with Crippen LogP contribution in [0, 0.1) is 0 Å². The van der Waals surface area contributed by atoms with Crippen LogP contribution in [-0.4, -0.2) is 77.9 Å². The number of anilines is 1. The largest absolute Gasteiger partial charge is 0.368 e. The van der Waals surface area contributed by atoms with Crippen LogP contribution in [0.25, 0.3) is 0 Å². The number of halogens is 1. The maximum absolute atomic E-state index is 13.7. The molecule has 5 rings (SSSR count). The molecule has 0 aromatic heterocycles. The highest BCUT2D eigenvalue weighted by Crippen LogP contribution is 2.33. The third-order valence-electron chi connectivity index (χ3n) is 6.56. The van der Waals surface area contributed by atoms with E-state index in [2.05, 4.69) is 15.1 Å². The van der Waals surface area contributed by atoms with E-state index >= 15 is 0 Å². The fourth-order valence-corrected chi connectivity index (χ4v) is 4.84. The molecule has 0 saturated carbocycles. The van der Waals surface area contributed by atoms with Gasteiger partial charge in [0.25, 0.3) is 11.8 Å². The molecule has 158 valence electrons. The van der Waals surface area contributed by atoms with Crippen molar-refractivity contribution in [3.05, 3.63) is 29.3 Å². The zero-order valence-corrected chi connectivity index (χ0v) is 16.5. The second-order valence-corrected chi connectivity index (χ2v) is 8.47. The minimum absolute atomic E-state index is 0.0977. The summed E-state index contributed by atoms with van der Waals surface area (Å²) in [6.07, 6.45) is 0.999. The number of fused-ring (bicyclic) bond motifs is 1. The van der Waals surface area contributed by atoms with Crippen LogP contribution in [0.1, 0.15) is 46.4 Å². The van der Waals surface area contributed by atoms with Gasteiger partial charge in [0.2, 0.25) is 11.8 Å². The molecule has 0 bridgehead atoms. The standard InChI is InChI=1S/C21H23FN4O4/c22-12-2-1-7-24(9-12)14-10-25(11-14)13-3-4-15-16(8-13)21(30)26(20(15)29)17-5-6-18(27)23-19(17)28/h3-4,8,12,14,17H,1-2,5-7,9-11H2,(H,23,27,28)/t12-,17?/m0/s1. The molecule has 0 spiro atoms. The van der Waals surface area contributed by atoms with Gasteiger partial charge >= 0.3 is 0 Å². The van der Waals surface area contributed by atoms with E-state index in [0.29, 0.717) is 19.0 Å². The van der Waals surface area contributed by atoms with E-state index in [1.807, 2.05) is 6.07 Å². The first-order valence-electron chi connectivity index (χ1n) is 10.4. The van der Waals surface area contributed by atoms with Crippen molar-refractivity contribution in [1.29, 1.82) is 0 Å². The number of alkyl halides is 1. The van der Waals surface area contributed by atoms with Gasteiger partial charge < -0.3 is 4.90 Å². The Hall–Kier alpha value is -2.81. The van der Waals surface area contributed by atoms with E-state index in [9.17, 15) is 23.6 Å². The number of nitrogens with zero attached hydrogens (tertiary/aromatic N) is 3. The SMILES string of the molecule is O=C1CCC(N2C(=O)c3ccc(N4CC(N5CCC[C@H](F)C5)C4)cc3C2=O)C(=O)N1. The average molecular weight is 414 g/mol. The molecule has 1 N–H and O–H groups in total. The number of benzene rings is 1. The zero-order chi connectivity index (χ0) is 21.0. The van der Waals surface area contributed by atoms with Crippen molar-refractivity contribution < 1.29 is 23.6 Å². The Morgan fingerprint density at radius 2 is 1.73 bits per heavy atom. The van der Waals surface area contributed by atoms with Gasteiger partial charge in [-0.15, -0.1) is 0 Å². The Bertz CT molecular complexity index is 945. The molecular formula is C21H23FN4O4. The Balaban J connectivity index is 1.30. The number of hydrogen-bond acceptors (Lipinski definition) is 6. The number of rotatable bonds is 3. The maximum atomic E-state index is 13.7. The lowest BCUT2D eigenvalue weighted by atomic mass is 10.00. The lowest BCUT2D eigenvalue weighted by Crippen LogP contribution is -2.61. The summed E-state index contributed by atoms with van der Waals surface area (Å²) in [6.45, 7) is 2.91. The summed E-state index contributed by atoms with van der Waals surface area (Å²) in [4.78, 5) is 54.5. The molecule has 1 unspecified atom stereocenters. The Morgan fingerprint density at radius 3 is 2.47 bits per heavy atom. The molecule has 4 aliphatic heterocycles. The molecule has 0 aliphatic carbocycles. The minimum Gasteiger partial charge on any atom is -0.368 e. The van der Waals surface area contributed by atoms with Crippen LogP contribution >= 0.6 is 0 Å². The zero-order valence-electron chi connectivity index (χ0n) is 16.5. The summed E-state index contributed by atoms with van der Waals surface area (Å²) in [6, 6.07) is 4.48. The van der Waals surface area contributed by atoms with Gasteiger partial charge in [0.1, 0.15) is 12.2 Å². The van der Waals surface area contributed by atoms with Crippen LogP contribution < -0.4 is 10.2 Å². The average Bonchev–Trinajstić information content (AvgIpc) is 2.92. The lowest BCUT2D eigenvalue weighted by Gasteiger charge is -2.48. The van der Waals surface area contributed by atoms with Crippen molar-refractivity contribution in [2.24, 2.45) is 0 Å². The van der Waals surface area contributed by atoms with E-state index < -0.39 is 35.8 Å². The molecule has 4 aliphatic rings. The highest BCUT2D eigenvalue weighted by molar-refractivity contribution is 6.23. The van der Waals surface area contributed by atoms with Crippen LogP contribution in [-0.2, 0) is 9.59 Å². The summed E-state index contributed by atoms with van der Waals surface area (Å²) in [5, 5.41) is 2.20. The number of imide groups is 2. The van der Waals surface area contributed by atoms with E-state index in [1.54, 1.807) is 12.1 Å². The molecule has 30 heavy (non-hydrogen) atoms. The molecule has 3 fully saturated rings. The van der Waals surface area contributed by atoms with E-state index in [4.69, 9.17) is 0 Å². The van der Waals surface area contributed by atoms with Gasteiger partial charge in [-0.05, 0) is 44.0 Å². The highest BCUT2D eigenvalue weighted by Gasteiger charge is 2.45. The van der Waals surface area contributed by atoms with Crippen molar-refractivity contribution in [2.75, 3.05) is 31.1 Å². The quantitative estimate of drug-likeness (QED) is 0.733. The number of carbonyl (C=O) groups excluding carboxylic acids is 4. The van der Waals surface area contributed by atoms with Gasteiger partial charge in [-0.1, -0.05) is 0 Å². The van der Waals surface area contributed by atoms with Crippen molar-refractivity contribution in [1.82, 2.24) is 15.1 Å². The third kappa shape index (κ3) is 3.08. The Morgan fingerprint density at radius 1 is 0.967 bits per heavy atom. The first-order valence-corrected chi connectivity index (χ1v) is 10.4. The van der Waals surface area contributed by atoms with Gasteiger partial charge in [-0.25, -0.2) is 4.39 Å². The second-order valence-electron chi connectivity index (χ2n) is 8.47. The number of amides is 4. The van der Waals surface area contributed by atoms with Gasteiger partial charge in [-0.2, -0.15) is 0 Å². The summed E-state index contributed by atoms with van der Waals surface area (Å²) in [7, 11) is 0. The number of likely N-dealkylation sites (tertiary alicyclic amines) is 1. The van der Waals surface area contributed by atoms with E-state index in [0.717, 1.165) is 36.6 Å². The second kappa shape index (κ2) is 7.16. The fourth-order valence-electron chi connectivity index (χ4n) is 4.84. The molecule has 3 saturated heterocycles. The molecule has 8 nitrogen and oxygen atoms in total. The Labute approximate surface area is 173 Å². The van der Waals surface area contributed by atoms with Crippen LogP contribution in [0.5, 0.6) is 0 Å². The summed E-state index contributed by atoms with van der Waals surface area (Å²) in [5.41, 5.74) is 1.40. The fraction of sp³-hybridized carbons (Fsp3) is 0.524. The van der Waals surface area contributed by atoms with Crippen LogP contribution in [0.3, 0.4) is 0 Å². The van der Waals surface area contributed by atoms with Crippen molar-refractivity contribution >= 4 is 29.3 Å². The first-order chi connectivity index (χ1) is 14.4. The van der Waals surface area contributed by atoms with Crippen molar-refractivity contribution in [3.63, 3.8) is 0 Å². The van der Waals surface area contributed by atoms with Gasteiger partial charge in [0.15, 0.2) is 0 Å². The first kappa shape index (κ1) is 19.2. The molecule has 1 aromatic carbocycles. The minimum atomic E-state index is -0.959. The molecule has 9 heteroatoms. The van der Waals surface area contributed by atoms with E-state index in [1.165, 1.54) is 0 Å². The monoisotopic (exact) mass is 414 g/mol. The van der Waals surface area contributed by atoms with E-state index in [-0.39, 0.29) is 24.0 Å². The van der Waals surface area contributed by atoms with Crippen LogP contribution in [0.15, 0.2) is 18.2 Å². The summed E-state index contributed by atoms with van der Waals surface area (Å²) < 4.78 is 13.7.